The van der Waals surface area contributed by atoms with E-state index < -0.39 is 53.0 Å². The van der Waals surface area contributed by atoms with Crippen LogP contribution in [0.25, 0.3) is 0 Å². The summed E-state index contributed by atoms with van der Waals surface area (Å²) in [6.45, 7) is 20.6. The molecule has 1 fully saturated rings. The van der Waals surface area contributed by atoms with Gasteiger partial charge in [-0.3, -0.25) is 0 Å². The van der Waals surface area contributed by atoms with E-state index in [1.54, 1.807) is 0 Å². The van der Waals surface area contributed by atoms with Gasteiger partial charge in [-0.25, -0.2) is 4.79 Å². The highest BCUT2D eigenvalue weighted by atomic mass is 28.4. The van der Waals surface area contributed by atoms with Crippen molar-refractivity contribution < 1.29 is 38.1 Å². The normalized spacial score (nSPS) is 26.6. The fraction of sp³-hybridized carbons (Fsp3) is 0.741. The minimum atomic E-state index is -2.58. The van der Waals surface area contributed by atoms with Crippen molar-refractivity contribution in [3.8, 4) is 0 Å². The fourth-order valence-electron chi connectivity index (χ4n) is 3.66. The number of hydrogen-bond donors (Lipinski definition) is 2. The Morgan fingerprint density at radius 3 is 2.08 bits per heavy atom. The average Bonchev–Trinajstić information content (AvgIpc) is 2.75. The number of carbonyl (C=O) groups is 1. The van der Waals surface area contributed by atoms with Crippen molar-refractivity contribution >= 4 is 22.6 Å². The lowest BCUT2D eigenvalue weighted by Crippen LogP contribution is -2.67. The van der Waals surface area contributed by atoms with Gasteiger partial charge in [0.15, 0.2) is 34.8 Å². The maximum atomic E-state index is 12.7. The van der Waals surface area contributed by atoms with E-state index in [1.807, 2.05) is 56.5 Å². The Morgan fingerprint density at radius 2 is 1.59 bits per heavy atom. The van der Waals surface area contributed by atoms with Crippen molar-refractivity contribution in [2.24, 2.45) is 0 Å². The number of methoxy groups -OCH3 is 1. The molecule has 1 aromatic rings. The zero-order valence-electron chi connectivity index (χ0n) is 24.5. The molecule has 212 valence electrons. The molecular weight excluding hydrogens is 508 g/mol. The molecule has 5 atom stereocenters. The molecule has 0 saturated carbocycles. The number of esters is 1. The molecule has 1 aliphatic heterocycles. The molecule has 0 aromatic heterocycles. The smallest absolute Gasteiger partial charge is 0.335 e. The predicted molar refractivity (Wildman–Crippen MR) is 148 cm³/mol. The fourth-order valence-corrected chi connectivity index (χ4v) is 6.14. The van der Waals surface area contributed by atoms with Crippen LogP contribution in [-0.2, 0) is 34.5 Å². The Morgan fingerprint density at radius 1 is 1.05 bits per heavy atom. The van der Waals surface area contributed by atoms with Gasteiger partial charge in [-0.15, -0.1) is 0 Å². The maximum Gasteiger partial charge on any atom is 0.335 e. The first-order valence-corrected chi connectivity index (χ1v) is 18.7. The molecule has 0 spiro atoms. The largest absolute Gasteiger partial charge is 0.467 e. The second-order valence-corrected chi connectivity index (χ2v) is 22.5. The molecule has 1 saturated heterocycles. The summed E-state index contributed by atoms with van der Waals surface area (Å²) in [7, 11) is -3.79. The molecule has 37 heavy (non-hydrogen) atoms. The van der Waals surface area contributed by atoms with Crippen molar-refractivity contribution in [1.29, 1.82) is 0 Å². The summed E-state index contributed by atoms with van der Waals surface area (Å²) in [6.07, 6.45) is -5.18. The molecule has 8 nitrogen and oxygen atoms in total. The van der Waals surface area contributed by atoms with E-state index in [1.165, 1.54) is 7.11 Å². The highest BCUT2D eigenvalue weighted by molar-refractivity contribution is 6.74. The minimum Gasteiger partial charge on any atom is -0.467 e. The lowest BCUT2D eigenvalue weighted by Gasteiger charge is -2.52. The van der Waals surface area contributed by atoms with Crippen LogP contribution in [0.1, 0.15) is 53.5 Å². The third-order valence-electron chi connectivity index (χ3n) is 8.02. The van der Waals surface area contributed by atoms with Crippen LogP contribution >= 0.6 is 0 Å². The maximum absolute atomic E-state index is 12.7. The van der Waals surface area contributed by atoms with Gasteiger partial charge < -0.3 is 33.3 Å². The summed E-state index contributed by atoms with van der Waals surface area (Å²) in [6, 6.07) is 9.52. The van der Waals surface area contributed by atoms with Crippen molar-refractivity contribution in [2.75, 3.05) is 7.11 Å². The number of aliphatic hydroxyl groups excluding tert-OH is 1. The summed E-state index contributed by atoms with van der Waals surface area (Å²) >= 11 is 0. The monoisotopic (exact) mass is 556 g/mol. The Bertz CT molecular complexity index is 894. The number of rotatable bonds is 9. The molecule has 1 heterocycles. The van der Waals surface area contributed by atoms with Crippen LogP contribution in [0.4, 0.5) is 0 Å². The second kappa shape index (κ2) is 11.6. The molecular formula is C27H48O8Si2. The van der Waals surface area contributed by atoms with Gasteiger partial charge in [0.2, 0.25) is 0 Å². The van der Waals surface area contributed by atoms with Crippen LogP contribution in [0.2, 0.25) is 36.3 Å². The van der Waals surface area contributed by atoms with E-state index in [0.717, 1.165) is 5.56 Å². The first-order chi connectivity index (χ1) is 16.7. The van der Waals surface area contributed by atoms with Crippen LogP contribution in [0.3, 0.4) is 0 Å². The first kappa shape index (κ1) is 32.1. The van der Waals surface area contributed by atoms with Gasteiger partial charge in [0.1, 0.15) is 12.2 Å². The molecule has 1 aliphatic rings. The number of carbonyl (C=O) groups excluding carboxylic acids is 1. The Hall–Kier alpha value is -1.12. The number of hydrogen-bond acceptors (Lipinski definition) is 8. The quantitative estimate of drug-likeness (QED) is 0.250. The van der Waals surface area contributed by atoms with E-state index in [4.69, 9.17) is 23.1 Å². The van der Waals surface area contributed by atoms with Crippen LogP contribution < -0.4 is 0 Å². The number of benzene rings is 1. The standard InChI is InChI=1S/C27H48O8Si2/c1-25(2,3)36(8,9)34-24(29)21-22(32-18-19-15-13-12-14-16-19)27(30,17-20(33-21)23(28)31-7)35-37(10,11)26(4,5)6/h12-16,20-22,24,29-30H,17-18H2,1-11H3/t20-,21+,22-,24?,27+/m0/s1. The molecule has 2 rings (SSSR count). The number of ether oxygens (including phenoxy) is 3. The topological polar surface area (TPSA) is 104 Å². The molecule has 0 radical (unpaired) electrons. The summed E-state index contributed by atoms with van der Waals surface area (Å²) in [5.41, 5.74) is 0.880. The molecule has 1 aromatic carbocycles. The third-order valence-corrected chi connectivity index (χ3v) is 16.9. The van der Waals surface area contributed by atoms with Gasteiger partial charge in [-0.05, 0) is 41.8 Å². The van der Waals surface area contributed by atoms with E-state index in [9.17, 15) is 15.0 Å². The van der Waals surface area contributed by atoms with Gasteiger partial charge >= 0.3 is 5.97 Å². The summed E-state index contributed by atoms with van der Waals surface area (Å²) in [4.78, 5) is 12.7. The van der Waals surface area contributed by atoms with E-state index in [2.05, 4.69) is 41.5 Å². The lowest BCUT2D eigenvalue weighted by atomic mass is 9.93. The summed E-state index contributed by atoms with van der Waals surface area (Å²) in [5, 5.41) is 23.1. The highest BCUT2D eigenvalue weighted by Crippen LogP contribution is 2.45. The minimum absolute atomic E-state index is 0.143. The molecule has 0 amide bonds. The summed E-state index contributed by atoms with van der Waals surface area (Å²) in [5.74, 6) is -2.60. The molecule has 0 aliphatic carbocycles. The summed E-state index contributed by atoms with van der Waals surface area (Å²) < 4.78 is 30.1. The van der Waals surface area contributed by atoms with Crippen molar-refractivity contribution in [1.82, 2.24) is 0 Å². The van der Waals surface area contributed by atoms with Gasteiger partial charge in [-0.2, -0.15) is 0 Å². The Labute approximate surface area is 224 Å². The van der Waals surface area contributed by atoms with Crippen LogP contribution in [0, 0.1) is 0 Å². The van der Waals surface area contributed by atoms with E-state index >= 15 is 0 Å². The average molecular weight is 557 g/mol. The van der Waals surface area contributed by atoms with Gasteiger partial charge in [0.25, 0.3) is 0 Å². The van der Waals surface area contributed by atoms with Crippen LogP contribution in [0.5, 0.6) is 0 Å². The van der Waals surface area contributed by atoms with Gasteiger partial charge in [0, 0.05) is 6.42 Å². The van der Waals surface area contributed by atoms with Crippen LogP contribution in [-0.4, -0.2) is 70.3 Å². The number of aliphatic hydroxyl groups is 2. The highest BCUT2D eigenvalue weighted by Gasteiger charge is 2.59. The van der Waals surface area contributed by atoms with E-state index in [0.29, 0.717) is 0 Å². The van der Waals surface area contributed by atoms with Gasteiger partial charge in [0.05, 0.1) is 13.7 Å². The molecule has 1 unspecified atom stereocenters. The Balaban J connectivity index is 2.55. The van der Waals surface area contributed by atoms with Crippen molar-refractivity contribution in [3.05, 3.63) is 35.9 Å². The molecule has 10 heteroatoms. The molecule has 2 N–H and O–H groups in total. The zero-order chi connectivity index (χ0) is 28.4. The predicted octanol–water partition coefficient (Wildman–Crippen LogP) is 4.95. The molecule has 0 bridgehead atoms. The SMILES string of the molecule is COC(=O)[C@@H]1C[C@@](O)(O[Si](C)(C)C(C)(C)C)[C@@H](OCc2ccccc2)[C@H](C(O)O[Si](C)(C)C(C)(C)C)O1. The van der Waals surface area contributed by atoms with Gasteiger partial charge in [-0.1, -0.05) is 71.9 Å². The Kier molecular flexibility index (Phi) is 10.0. The first-order valence-electron chi connectivity index (χ1n) is 12.9. The van der Waals surface area contributed by atoms with Crippen LogP contribution in [0.15, 0.2) is 30.3 Å². The lowest BCUT2D eigenvalue weighted by molar-refractivity contribution is -0.331. The zero-order valence-corrected chi connectivity index (χ0v) is 26.5. The third kappa shape index (κ3) is 7.72. The van der Waals surface area contributed by atoms with Crippen molar-refractivity contribution in [2.45, 2.75) is 121 Å². The van der Waals surface area contributed by atoms with E-state index in [-0.39, 0.29) is 23.1 Å². The van der Waals surface area contributed by atoms with Crippen molar-refractivity contribution in [3.63, 3.8) is 0 Å². The second-order valence-electron chi connectivity index (χ2n) is 13.0.